The van der Waals surface area contributed by atoms with Gasteiger partial charge in [0.2, 0.25) is 5.91 Å². The summed E-state index contributed by atoms with van der Waals surface area (Å²) in [6.07, 6.45) is 1.41. The monoisotopic (exact) mass is 367 g/mol. The van der Waals surface area contributed by atoms with Crippen LogP contribution in [0.15, 0.2) is 18.2 Å². The molecule has 0 radical (unpaired) electrons. The Kier molecular flexibility index (Phi) is 5.29. The van der Waals surface area contributed by atoms with Crippen LogP contribution in [0.3, 0.4) is 0 Å². The Morgan fingerprint density at radius 2 is 2.20 bits per heavy atom. The molecule has 0 saturated carbocycles. The molecule has 4 N–H and O–H groups in total. The largest absolute Gasteiger partial charge is 0.478 e. The Balaban J connectivity index is 1.58. The molecule has 1 aromatic carbocycles. The lowest BCUT2D eigenvalue weighted by atomic mass is 9.76. The van der Waals surface area contributed by atoms with Gasteiger partial charge in [0.15, 0.2) is 0 Å². The van der Waals surface area contributed by atoms with Gasteiger partial charge < -0.3 is 20.8 Å². The first-order valence-corrected chi connectivity index (χ1v) is 8.73. The highest BCUT2D eigenvalue weighted by Crippen LogP contribution is 2.32. The number of piperidine rings is 2. The lowest BCUT2D eigenvalue weighted by molar-refractivity contribution is -0.122. The molecular weight excluding hydrogens is 346 g/mol. The van der Waals surface area contributed by atoms with E-state index in [9.17, 15) is 14.7 Å². The number of nitrogens with one attached hydrogen (secondary N) is 2. The lowest BCUT2D eigenvalue weighted by Gasteiger charge is -2.47. The van der Waals surface area contributed by atoms with Crippen LogP contribution in [-0.2, 0) is 4.79 Å². The molecule has 0 spiro atoms. The minimum absolute atomic E-state index is 0.0456. The molecule has 0 unspecified atom stereocenters. The number of aromatic carboxylic acids is 1. The van der Waals surface area contributed by atoms with Crippen molar-refractivity contribution in [3.8, 4) is 0 Å². The molecule has 0 aromatic heterocycles. The number of hydrogen-bond acceptors (Lipinski definition) is 5. The van der Waals surface area contributed by atoms with Crippen molar-refractivity contribution in [2.75, 3.05) is 38.0 Å². The Bertz CT molecular complexity index is 684. The molecule has 1 amide bonds. The summed E-state index contributed by atoms with van der Waals surface area (Å²) in [5.74, 6) is -1.23. The van der Waals surface area contributed by atoms with E-state index in [-0.39, 0.29) is 29.0 Å². The highest BCUT2D eigenvalue weighted by Gasteiger charge is 2.42. The molecular formula is C17H22ClN3O4. The third-order valence-corrected chi connectivity index (χ3v) is 5.40. The van der Waals surface area contributed by atoms with Crippen molar-refractivity contribution in [2.24, 2.45) is 5.92 Å². The van der Waals surface area contributed by atoms with E-state index in [1.807, 2.05) is 4.90 Å². The van der Waals surface area contributed by atoms with E-state index >= 15 is 0 Å². The zero-order valence-corrected chi connectivity index (χ0v) is 14.6. The maximum absolute atomic E-state index is 12.3. The number of hydrogen-bond donors (Lipinski definition) is 4. The van der Waals surface area contributed by atoms with E-state index in [2.05, 4.69) is 10.6 Å². The van der Waals surface area contributed by atoms with E-state index in [1.54, 1.807) is 6.07 Å². The van der Waals surface area contributed by atoms with Crippen molar-refractivity contribution in [2.45, 2.75) is 18.4 Å². The molecule has 2 saturated heterocycles. The molecule has 7 nitrogen and oxygen atoms in total. The van der Waals surface area contributed by atoms with Gasteiger partial charge in [-0.25, -0.2) is 4.79 Å². The average molecular weight is 368 g/mol. The second kappa shape index (κ2) is 7.29. The van der Waals surface area contributed by atoms with Gasteiger partial charge in [0, 0.05) is 31.2 Å². The van der Waals surface area contributed by atoms with Gasteiger partial charge in [-0.1, -0.05) is 11.6 Å². The van der Waals surface area contributed by atoms with Gasteiger partial charge in [0.1, 0.15) is 0 Å². The molecule has 0 aliphatic carbocycles. The van der Waals surface area contributed by atoms with Crippen molar-refractivity contribution >= 4 is 29.2 Å². The number of fused-ring (bicyclic) bond motifs is 1. The van der Waals surface area contributed by atoms with Crippen LogP contribution in [0.4, 0.5) is 5.69 Å². The van der Waals surface area contributed by atoms with E-state index in [0.29, 0.717) is 25.2 Å². The van der Waals surface area contributed by atoms with Gasteiger partial charge in [0.25, 0.3) is 0 Å². The SMILES string of the molecule is O=C(CN1CC[C@@]2(O)CCNC[C@H]2C1)Nc1ccc(Cl)c(C(=O)O)c1. The summed E-state index contributed by atoms with van der Waals surface area (Å²) < 4.78 is 0. The van der Waals surface area contributed by atoms with E-state index in [4.69, 9.17) is 16.7 Å². The normalized spacial score (nSPS) is 26.7. The molecule has 0 bridgehead atoms. The minimum atomic E-state index is -1.14. The molecule has 2 atom stereocenters. The number of carbonyl (C=O) groups is 2. The zero-order valence-electron chi connectivity index (χ0n) is 13.8. The number of likely N-dealkylation sites (tertiary alicyclic amines) is 1. The Morgan fingerprint density at radius 3 is 2.96 bits per heavy atom. The number of anilines is 1. The van der Waals surface area contributed by atoms with Gasteiger partial charge in [-0.15, -0.1) is 0 Å². The van der Waals surface area contributed by atoms with Crippen LogP contribution in [0.25, 0.3) is 0 Å². The molecule has 2 aliphatic rings. The first-order valence-electron chi connectivity index (χ1n) is 8.35. The number of carboxylic acid groups (broad SMARTS) is 1. The number of halogens is 1. The van der Waals surface area contributed by atoms with Crippen LogP contribution < -0.4 is 10.6 Å². The van der Waals surface area contributed by atoms with Crippen LogP contribution in [-0.4, -0.2) is 65.3 Å². The van der Waals surface area contributed by atoms with Gasteiger partial charge in [-0.05, 0) is 37.6 Å². The van der Waals surface area contributed by atoms with Crippen molar-refractivity contribution in [3.63, 3.8) is 0 Å². The van der Waals surface area contributed by atoms with E-state index < -0.39 is 11.6 Å². The molecule has 2 aliphatic heterocycles. The molecule has 1 aromatic rings. The first-order chi connectivity index (χ1) is 11.9. The highest BCUT2D eigenvalue weighted by molar-refractivity contribution is 6.33. The minimum Gasteiger partial charge on any atom is -0.478 e. The zero-order chi connectivity index (χ0) is 18.0. The van der Waals surface area contributed by atoms with Gasteiger partial charge in [-0.2, -0.15) is 0 Å². The maximum atomic E-state index is 12.3. The topological polar surface area (TPSA) is 102 Å². The van der Waals surface area contributed by atoms with Crippen LogP contribution in [0.2, 0.25) is 5.02 Å². The fourth-order valence-electron chi connectivity index (χ4n) is 3.61. The Hall–Kier alpha value is -1.67. The number of benzene rings is 1. The predicted molar refractivity (Wildman–Crippen MR) is 94.0 cm³/mol. The molecule has 3 rings (SSSR count). The van der Waals surface area contributed by atoms with Gasteiger partial charge in [0.05, 0.1) is 22.7 Å². The lowest BCUT2D eigenvalue weighted by Crippen LogP contribution is -2.59. The summed E-state index contributed by atoms with van der Waals surface area (Å²) in [5, 5.41) is 25.9. The number of nitrogens with zero attached hydrogens (tertiary/aromatic N) is 1. The summed E-state index contributed by atoms with van der Waals surface area (Å²) >= 11 is 5.83. The van der Waals surface area contributed by atoms with Crippen molar-refractivity contribution in [1.82, 2.24) is 10.2 Å². The third kappa shape index (κ3) is 4.12. The van der Waals surface area contributed by atoms with Crippen LogP contribution >= 0.6 is 11.6 Å². The summed E-state index contributed by atoms with van der Waals surface area (Å²) in [7, 11) is 0. The number of carbonyl (C=O) groups excluding carboxylic acids is 1. The van der Waals surface area contributed by atoms with Crippen LogP contribution in [0.1, 0.15) is 23.2 Å². The number of rotatable bonds is 4. The third-order valence-electron chi connectivity index (χ3n) is 5.07. The number of aliphatic hydroxyl groups is 1. The molecule has 25 heavy (non-hydrogen) atoms. The smallest absolute Gasteiger partial charge is 0.337 e. The standard InChI is InChI=1S/C17H22ClN3O4/c18-14-2-1-12(7-13(14)16(23)24)20-15(22)10-21-6-4-17(25)3-5-19-8-11(17)9-21/h1-2,7,11,19,25H,3-6,8-10H2,(H,20,22)(H,23,24)/t11-,17-/m0/s1. The highest BCUT2D eigenvalue weighted by atomic mass is 35.5. The Morgan fingerprint density at radius 1 is 1.40 bits per heavy atom. The van der Waals surface area contributed by atoms with Gasteiger partial charge in [-0.3, -0.25) is 9.69 Å². The van der Waals surface area contributed by atoms with Crippen molar-refractivity contribution in [1.29, 1.82) is 0 Å². The molecule has 8 heteroatoms. The number of amides is 1. The molecule has 2 fully saturated rings. The van der Waals surface area contributed by atoms with E-state index in [1.165, 1.54) is 12.1 Å². The second-order valence-electron chi connectivity index (χ2n) is 6.79. The second-order valence-corrected chi connectivity index (χ2v) is 7.19. The van der Waals surface area contributed by atoms with Crippen molar-refractivity contribution < 1.29 is 19.8 Å². The molecule has 2 heterocycles. The van der Waals surface area contributed by atoms with Crippen molar-refractivity contribution in [3.05, 3.63) is 28.8 Å². The van der Waals surface area contributed by atoms with Gasteiger partial charge >= 0.3 is 5.97 Å². The fraction of sp³-hybridized carbons (Fsp3) is 0.529. The summed E-state index contributed by atoms with van der Waals surface area (Å²) in [6.45, 7) is 3.13. The maximum Gasteiger partial charge on any atom is 0.337 e. The summed E-state index contributed by atoms with van der Waals surface area (Å²) in [6, 6.07) is 4.38. The fourth-order valence-corrected chi connectivity index (χ4v) is 3.81. The van der Waals surface area contributed by atoms with E-state index in [0.717, 1.165) is 19.5 Å². The summed E-state index contributed by atoms with van der Waals surface area (Å²) in [5.41, 5.74) is -0.263. The average Bonchev–Trinajstić information content (AvgIpc) is 2.56. The Labute approximate surface area is 151 Å². The molecule has 136 valence electrons. The van der Waals surface area contributed by atoms with Crippen LogP contribution in [0, 0.1) is 5.92 Å². The van der Waals surface area contributed by atoms with Crippen LogP contribution in [0.5, 0.6) is 0 Å². The summed E-state index contributed by atoms with van der Waals surface area (Å²) in [4.78, 5) is 25.4. The number of carboxylic acids is 1. The predicted octanol–water partition coefficient (Wildman–Crippen LogP) is 1.02. The first kappa shape index (κ1) is 18.1. The quantitative estimate of drug-likeness (QED) is 0.634.